The molecule has 0 aliphatic rings. The molecule has 0 radical (unpaired) electrons. The lowest BCUT2D eigenvalue weighted by atomic mass is 10.2. The van der Waals surface area contributed by atoms with Crippen molar-refractivity contribution in [3.63, 3.8) is 0 Å². The lowest BCUT2D eigenvalue weighted by molar-refractivity contribution is 0.0924. The van der Waals surface area contributed by atoms with Gasteiger partial charge < -0.3 is 4.42 Å². The van der Waals surface area contributed by atoms with Crippen molar-refractivity contribution in [2.24, 2.45) is 5.84 Å². The Morgan fingerprint density at radius 2 is 2.39 bits per heavy atom. The number of aryl methyl sites for hydroxylation is 1. The number of hydrogen-bond acceptors (Lipinski definition) is 5. The SMILES string of the molecule is Cc1cnn(Cc2ccoc2C(=O)NN)c(=O)c1. The normalized spacial score (nSPS) is 10.3. The van der Waals surface area contributed by atoms with Crippen LogP contribution in [0.4, 0.5) is 0 Å². The number of nitrogens with zero attached hydrogens (tertiary/aromatic N) is 2. The van der Waals surface area contributed by atoms with Crippen LogP contribution in [-0.4, -0.2) is 15.7 Å². The summed E-state index contributed by atoms with van der Waals surface area (Å²) in [6.45, 7) is 1.93. The molecule has 0 unspecified atom stereocenters. The zero-order chi connectivity index (χ0) is 13.1. The number of nitrogens with two attached hydrogens (primary N) is 1. The Labute approximate surface area is 102 Å². The summed E-state index contributed by atoms with van der Waals surface area (Å²) in [4.78, 5) is 23.0. The Hall–Kier alpha value is -2.41. The average molecular weight is 248 g/mol. The van der Waals surface area contributed by atoms with Gasteiger partial charge in [-0.25, -0.2) is 10.5 Å². The van der Waals surface area contributed by atoms with Gasteiger partial charge in [0, 0.05) is 11.6 Å². The first-order chi connectivity index (χ1) is 8.61. The molecular formula is C11H12N4O3. The standard InChI is InChI=1S/C11H12N4O3/c1-7-4-9(16)15(13-5-7)6-8-2-3-18-10(8)11(17)14-12/h2-5H,6,12H2,1H3,(H,14,17). The molecule has 0 aliphatic heterocycles. The van der Waals surface area contributed by atoms with Crippen molar-refractivity contribution in [1.29, 1.82) is 0 Å². The van der Waals surface area contributed by atoms with Gasteiger partial charge in [-0.3, -0.25) is 15.0 Å². The third-order valence-electron chi connectivity index (χ3n) is 2.41. The van der Waals surface area contributed by atoms with Crippen LogP contribution in [0.15, 0.2) is 33.8 Å². The minimum absolute atomic E-state index is 0.0757. The van der Waals surface area contributed by atoms with E-state index in [1.54, 1.807) is 19.2 Å². The van der Waals surface area contributed by atoms with Crippen LogP contribution < -0.4 is 16.8 Å². The Bertz CT molecular complexity index is 629. The lowest BCUT2D eigenvalue weighted by Crippen LogP contribution is -2.31. The molecule has 0 aromatic carbocycles. The lowest BCUT2D eigenvalue weighted by Gasteiger charge is -2.04. The maximum absolute atomic E-state index is 11.7. The summed E-state index contributed by atoms with van der Waals surface area (Å²) in [5, 5.41) is 3.98. The summed E-state index contributed by atoms with van der Waals surface area (Å²) < 4.78 is 6.26. The molecule has 3 N–H and O–H groups in total. The van der Waals surface area contributed by atoms with Crippen molar-refractivity contribution in [3.05, 3.63) is 51.8 Å². The van der Waals surface area contributed by atoms with Gasteiger partial charge in [-0.1, -0.05) is 0 Å². The minimum atomic E-state index is -0.546. The monoisotopic (exact) mass is 248 g/mol. The van der Waals surface area contributed by atoms with E-state index >= 15 is 0 Å². The average Bonchev–Trinajstić information content (AvgIpc) is 2.80. The highest BCUT2D eigenvalue weighted by molar-refractivity contribution is 5.92. The van der Waals surface area contributed by atoms with Crippen LogP contribution in [0, 0.1) is 6.92 Å². The molecule has 2 aromatic heterocycles. The van der Waals surface area contributed by atoms with Crippen molar-refractivity contribution in [2.45, 2.75) is 13.5 Å². The van der Waals surface area contributed by atoms with Gasteiger partial charge in [0.25, 0.3) is 5.56 Å². The largest absolute Gasteiger partial charge is 0.459 e. The third-order valence-corrected chi connectivity index (χ3v) is 2.41. The van der Waals surface area contributed by atoms with Gasteiger partial charge in [0.2, 0.25) is 0 Å². The fourth-order valence-corrected chi connectivity index (χ4v) is 1.53. The molecule has 7 nitrogen and oxygen atoms in total. The second-order valence-electron chi connectivity index (χ2n) is 3.78. The highest BCUT2D eigenvalue weighted by Gasteiger charge is 2.15. The van der Waals surface area contributed by atoms with Gasteiger partial charge in [-0.15, -0.1) is 0 Å². The van der Waals surface area contributed by atoms with E-state index in [-0.39, 0.29) is 17.9 Å². The van der Waals surface area contributed by atoms with Crippen molar-refractivity contribution < 1.29 is 9.21 Å². The molecule has 18 heavy (non-hydrogen) atoms. The number of carbonyl (C=O) groups excluding carboxylic acids is 1. The molecule has 0 fully saturated rings. The molecule has 0 aliphatic carbocycles. The molecule has 2 aromatic rings. The van der Waals surface area contributed by atoms with E-state index in [4.69, 9.17) is 10.3 Å². The van der Waals surface area contributed by atoms with Crippen LogP contribution in [0.1, 0.15) is 21.7 Å². The van der Waals surface area contributed by atoms with E-state index in [0.717, 1.165) is 5.56 Å². The summed E-state index contributed by atoms with van der Waals surface area (Å²) in [5.74, 6) is 4.56. The Kier molecular flexibility index (Phi) is 3.24. The summed E-state index contributed by atoms with van der Waals surface area (Å²) in [6.07, 6.45) is 2.93. The number of carbonyl (C=O) groups is 1. The van der Waals surface area contributed by atoms with Crippen LogP contribution in [0.5, 0.6) is 0 Å². The van der Waals surface area contributed by atoms with E-state index in [2.05, 4.69) is 5.10 Å². The molecule has 0 saturated heterocycles. The zero-order valence-corrected chi connectivity index (χ0v) is 9.71. The number of nitrogen functional groups attached to an aromatic ring is 1. The maximum Gasteiger partial charge on any atom is 0.301 e. The number of rotatable bonds is 3. The van der Waals surface area contributed by atoms with Crippen molar-refractivity contribution in [3.8, 4) is 0 Å². The van der Waals surface area contributed by atoms with Crippen LogP contribution in [0.2, 0.25) is 0 Å². The number of hydrogen-bond donors (Lipinski definition) is 2. The van der Waals surface area contributed by atoms with Crippen molar-refractivity contribution in [2.75, 3.05) is 0 Å². The second-order valence-corrected chi connectivity index (χ2v) is 3.78. The van der Waals surface area contributed by atoms with Crippen molar-refractivity contribution in [1.82, 2.24) is 15.2 Å². The fraction of sp³-hybridized carbons (Fsp3) is 0.182. The van der Waals surface area contributed by atoms with Gasteiger partial charge in [0.15, 0.2) is 5.76 Å². The topological polar surface area (TPSA) is 103 Å². The number of furan rings is 1. The fourth-order valence-electron chi connectivity index (χ4n) is 1.53. The molecule has 94 valence electrons. The van der Waals surface area contributed by atoms with Gasteiger partial charge in [-0.2, -0.15) is 5.10 Å². The highest BCUT2D eigenvalue weighted by atomic mass is 16.3. The minimum Gasteiger partial charge on any atom is -0.459 e. The number of nitrogens with one attached hydrogen (secondary N) is 1. The summed E-state index contributed by atoms with van der Waals surface area (Å²) in [5.41, 5.74) is 3.06. The molecule has 0 atom stereocenters. The van der Waals surface area contributed by atoms with Gasteiger partial charge in [0.1, 0.15) is 0 Å². The molecular weight excluding hydrogens is 236 g/mol. The second kappa shape index (κ2) is 4.84. The Morgan fingerprint density at radius 1 is 1.61 bits per heavy atom. The quantitative estimate of drug-likeness (QED) is 0.444. The van der Waals surface area contributed by atoms with Gasteiger partial charge in [0.05, 0.1) is 19.0 Å². The Morgan fingerprint density at radius 3 is 3.06 bits per heavy atom. The molecule has 0 saturated carbocycles. The van der Waals surface area contributed by atoms with Gasteiger partial charge >= 0.3 is 5.91 Å². The van der Waals surface area contributed by atoms with E-state index in [9.17, 15) is 9.59 Å². The highest BCUT2D eigenvalue weighted by Crippen LogP contribution is 2.10. The molecule has 7 heteroatoms. The first kappa shape index (κ1) is 12.1. The van der Waals surface area contributed by atoms with E-state index in [0.29, 0.717) is 5.56 Å². The van der Waals surface area contributed by atoms with Crippen LogP contribution >= 0.6 is 0 Å². The predicted molar refractivity (Wildman–Crippen MR) is 62.7 cm³/mol. The predicted octanol–water partition coefficient (Wildman–Crippen LogP) is -0.203. The number of amides is 1. The smallest absolute Gasteiger partial charge is 0.301 e. The molecule has 0 bridgehead atoms. The van der Waals surface area contributed by atoms with Crippen LogP contribution in [-0.2, 0) is 6.54 Å². The molecule has 0 spiro atoms. The number of aromatic nitrogens is 2. The molecule has 2 heterocycles. The zero-order valence-electron chi connectivity index (χ0n) is 9.71. The summed E-state index contributed by atoms with van der Waals surface area (Å²) in [7, 11) is 0. The Balaban J connectivity index is 2.32. The first-order valence-electron chi connectivity index (χ1n) is 5.23. The molecule has 1 amide bonds. The number of hydrazine groups is 1. The van der Waals surface area contributed by atoms with Crippen molar-refractivity contribution >= 4 is 5.91 Å². The van der Waals surface area contributed by atoms with Crippen LogP contribution in [0.3, 0.4) is 0 Å². The van der Waals surface area contributed by atoms with E-state index < -0.39 is 5.91 Å². The van der Waals surface area contributed by atoms with Crippen LogP contribution in [0.25, 0.3) is 0 Å². The first-order valence-corrected chi connectivity index (χ1v) is 5.23. The summed E-state index contributed by atoms with van der Waals surface area (Å²) in [6, 6.07) is 3.06. The maximum atomic E-state index is 11.7. The van der Waals surface area contributed by atoms with E-state index in [1.165, 1.54) is 17.0 Å². The third kappa shape index (κ3) is 2.30. The molecule has 2 rings (SSSR count). The van der Waals surface area contributed by atoms with E-state index in [1.807, 2.05) is 5.43 Å². The van der Waals surface area contributed by atoms with Gasteiger partial charge in [-0.05, 0) is 18.6 Å². The summed E-state index contributed by atoms with van der Waals surface area (Å²) >= 11 is 0.